The van der Waals surface area contributed by atoms with Crippen molar-refractivity contribution < 1.29 is 14.0 Å². The number of benzene rings is 2. The van der Waals surface area contributed by atoms with Gasteiger partial charge in [0.2, 0.25) is 0 Å². The number of hydrogen-bond acceptors (Lipinski definition) is 4. The molecular weight excluding hydrogens is 371 g/mol. The highest BCUT2D eigenvalue weighted by molar-refractivity contribution is 6.07. The maximum Gasteiger partial charge on any atom is 0.254 e. The molecule has 0 bridgehead atoms. The van der Waals surface area contributed by atoms with E-state index in [2.05, 4.69) is 20.9 Å². The van der Waals surface area contributed by atoms with Crippen LogP contribution < -0.4 is 16.0 Å². The topological polar surface area (TPSA) is 83.1 Å². The van der Waals surface area contributed by atoms with E-state index in [1.54, 1.807) is 12.1 Å². The third kappa shape index (κ3) is 4.51. The summed E-state index contributed by atoms with van der Waals surface area (Å²) in [6.07, 6.45) is 2.03. The van der Waals surface area contributed by atoms with Crippen molar-refractivity contribution in [1.29, 1.82) is 0 Å². The van der Waals surface area contributed by atoms with Crippen LogP contribution in [0.5, 0.6) is 0 Å². The summed E-state index contributed by atoms with van der Waals surface area (Å²) in [7, 11) is 0. The minimum atomic E-state index is -0.555. The summed E-state index contributed by atoms with van der Waals surface area (Å²) < 4.78 is 13.7. The molecule has 7 heteroatoms. The van der Waals surface area contributed by atoms with Gasteiger partial charge in [-0.25, -0.2) is 9.37 Å². The maximum atomic E-state index is 13.7. The molecule has 1 aromatic heterocycles. The number of anilines is 1. The Labute approximate surface area is 167 Å². The number of pyridine rings is 1. The molecule has 0 spiro atoms. The molecule has 0 aliphatic heterocycles. The molecule has 1 aliphatic carbocycles. The average molecular weight is 392 g/mol. The molecule has 0 saturated heterocycles. The van der Waals surface area contributed by atoms with Crippen LogP contribution in [0.2, 0.25) is 0 Å². The fourth-order valence-corrected chi connectivity index (χ4v) is 3.05. The third-order valence-corrected chi connectivity index (χ3v) is 4.71. The molecule has 1 saturated carbocycles. The lowest BCUT2D eigenvalue weighted by molar-refractivity contribution is 0.0943. The van der Waals surface area contributed by atoms with Gasteiger partial charge in [0.05, 0.1) is 16.6 Å². The minimum Gasteiger partial charge on any atom is -0.368 e. The lowest BCUT2D eigenvalue weighted by Gasteiger charge is -2.12. The van der Waals surface area contributed by atoms with Gasteiger partial charge in [-0.2, -0.15) is 0 Å². The normalized spacial score (nSPS) is 13.1. The monoisotopic (exact) mass is 392 g/mol. The Balaban J connectivity index is 1.42. The highest BCUT2D eigenvalue weighted by Gasteiger charge is 2.25. The van der Waals surface area contributed by atoms with E-state index < -0.39 is 11.7 Å². The molecule has 0 atom stereocenters. The van der Waals surface area contributed by atoms with Gasteiger partial charge in [0.1, 0.15) is 11.6 Å². The fourth-order valence-electron chi connectivity index (χ4n) is 3.05. The van der Waals surface area contributed by atoms with Crippen LogP contribution in [-0.2, 0) is 0 Å². The van der Waals surface area contributed by atoms with Crippen LogP contribution in [0.15, 0.2) is 54.6 Å². The van der Waals surface area contributed by atoms with Crippen molar-refractivity contribution in [1.82, 2.24) is 15.6 Å². The lowest BCUT2D eigenvalue weighted by Crippen LogP contribution is -2.29. The van der Waals surface area contributed by atoms with E-state index in [4.69, 9.17) is 0 Å². The first-order chi connectivity index (χ1) is 14.1. The number of carbonyl (C=O) groups is 2. The summed E-state index contributed by atoms with van der Waals surface area (Å²) in [6, 6.07) is 15.3. The van der Waals surface area contributed by atoms with Crippen LogP contribution in [0.1, 0.15) is 33.6 Å². The summed E-state index contributed by atoms with van der Waals surface area (Å²) in [6.45, 7) is 0.667. The van der Waals surface area contributed by atoms with Crippen molar-refractivity contribution in [2.45, 2.75) is 18.9 Å². The number of amides is 2. The van der Waals surface area contributed by atoms with Crippen molar-refractivity contribution in [2.75, 3.05) is 18.4 Å². The van der Waals surface area contributed by atoms with Crippen LogP contribution in [0, 0.1) is 5.82 Å². The van der Waals surface area contributed by atoms with Gasteiger partial charge in [-0.15, -0.1) is 0 Å². The Kier molecular flexibility index (Phi) is 5.37. The Morgan fingerprint density at radius 2 is 1.72 bits per heavy atom. The largest absolute Gasteiger partial charge is 0.368 e. The molecule has 3 N–H and O–H groups in total. The summed E-state index contributed by atoms with van der Waals surface area (Å²) >= 11 is 0. The first-order valence-electron chi connectivity index (χ1n) is 9.59. The molecule has 29 heavy (non-hydrogen) atoms. The van der Waals surface area contributed by atoms with E-state index in [9.17, 15) is 14.0 Å². The molecule has 1 heterocycles. The highest BCUT2D eigenvalue weighted by Crippen LogP contribution is 2.23. The Hall–Kier alpha value is -3.48. The summed E-state index contributed by atoms with van der Waals surface area (Å²) in [5.41, 5.74) is 1.30. The van der Waals surface area contributed by atoms with E-state index in [-0.39, 0.29) is 24.1 Å². The van der Waals surface area contributed by atoms with Gasteiger partial charge in [0.15, 0.2) is 0 Å². The SMILES string of the molecule is O=C(NCCNc1cc(C(=O)NC2CC2)c2ccccc2n1)c1ccccc1F. The van der Waals surface area contributed by atoms with Gasteiger partial charge in [-0.05, 0) is 37.1 Å². The van der Waals surface area contributed by atoms with Crippen LogP contribution in [0.4, 0.5) is 10.2 Å². The van der Waals surface area contributed by atoms with Gasteiger partial charge >= 0.3 is 0 Å². The molecule has 2 aromatic carbocycles. The Bertz CT molecular complexity index is 1070. The summed E-state index contributed by atoms with van der Waals surface area (Å²) in [5, 5.41) is 9.60. The number of para-hydroxylation sites is 1. The molecule has 0 radical (unpaired) electrons. The van der Waals surface area contributed by atoms with E-state index in [0.717, 1.165) is 18.2 Å². The third-order valence-electron chi connectivity index (χ3n) is 4.71. The second kappa shape index (κ2) is 8.26. The van der Waals surface area contributed by atoms with Crippen molar-refractivity contribution in [3.05, 3.63) is 71.5 Å². The van der Waals surface area contributed by atoms with E-state index in [0.29, 0.717) is 23.4 Å². The number of halogens is 1. The summed E-state index contributed by atoms with van der Waals surface area (Å²) in [5.74, 6) is -0.590. The Morgan fingerprint density at radius 3 is 2.52 bits per heavy atom. The molecule has 148 valence electrons. The quantitative estimate of drug-likeness (QED) is 0.540. The smallest absolute Gasteiger partial charge is 0.254 e. The molecular formula is C22H21FN4O2. The van der Waals surface area contributed by atoms with E-state index >= 15 is 0 Å². The fraction of sp³-hybridized carbons (Fsp3) is 0.227. The van der Waals surface area contributed by atoms with Crippen LogP contribution in [0.3, 0.4) is 0 Å². The van der Waals surface area contributed by atoms with Crippen LogP contribution in [-0.4, -0.2) is 35.9 Å². The van der Waals surface area contributed by atoms with E-state index in [1.807, 2.05) is 24.3 Å². The first kappa shape index (κ1) is 18.9. The van der Waals surface area contributed by atoms with Gasteiger partial charge in [-0.1, -0.05) is 30.3 Å². The zero-order valence-corrected chi connectivity index (χ0v) is 15.7. The zero-order chi connectivity index (χ0) is 20.2. The maximum absolute atomic E-state index is 13.7. The summed E-state index contributed by atoms with van der Waals surface area (Å²) in [4.78, 5) is 29.2. The molecule has 2 amide bonds. The standard InChI is InChI=1S/C22H21FN4O2/c23-18-7-3-1-6-16(18)21(28)25-12-11-24-20-13-17(22(29)26-14-9-10-14)15-5-2-4-8-19(15)27-20/h1-8,13-14H,9-12H2,(H,24,27)(H,25,28)(H,26,29). The zero-order valence-electron chi connectivity index (χ0n) is 15.7. The first-order valence-corrected chi connectivity index (χ1v) is 9.59. The van der Waals surface area contributed by atoms with Crippen LogP contribution in [0.25, 0.3) is 10.9 Å². The van der Waals surface area contributed by atoms with Crippen molar-refractivity contribution in [2.24, 2.45) is 0 Å². The second-order valence-corrected chi connectivity index (χ2v) is 6.98. The number of nitrogens with one attached hydrogen (secondary N) is 3. The van der Waals surface area contributed by atoms with E-state index in [1.165, 1.54) is 18.2 Å². The number of carbonyl (C=O) groups excluding carboxylic acids is 2. The lowest BCUT2D eigenvalue weighted by atomic mass is 10.1. The molecule has 6 nitrogen and oxygen atoms in total. The van der Waals surface area contributed by atoms with Gasteiger partial charge < -0.3 is 16.0 Å². The van der Waals surface area contributed by atoms with Crippen molar-refractivity contribution in [3.8, 4) is 0 Å². The minimum absolute atomic E-state index is 0.00960. The van der Waals surface area contributed by atoms with Crippen molar-refractivity contribution >= 4 is 28.5 Å². The number of fused-ring (bicyclic) bond motifs is 1. The molecule has 3 aromatic rings. The number of nitrogens with zero attached hydrogens (tertiary/aromatic N) is 1. The second-order valence-electron chi connectivity index (χ2n) is 6.98. The number of hydrogen-bond donors (Lipinski definition) is 3. The number of rotatable bonds is 7. The van der Waals surface area contributed by atoms with Crippen molar-refractivity contribution in [3.63, 3.8) is 0 Å². The molecule has 0 unspecified atom stereocenters. The number of aromatic nitrogens is 1. The molecule has 4 rings (SSSR count). The van der Waals surface area contributed by atoms with Gasteiger partial charge in [0, 0.05) is 24.5 Å². The average Bonchev–Trinajstić information content (AvgIpc) is 3.54. The molecule has 1 fully saturated rings. The van der Waals surface area contributed by atoms with Crippen LogP contribution >= 0.6 is 0 Å². The van der Waals surface area contributed by atoms with Gasteiger partial charge in [-0.3, -0.25) is 9.59 Å². The highest BCUT2D eigenvalue weighted by atomic mass is 19.1. The predicted octanol–water partition coefficient (Wildman–Crippen LogP) is 3.11. The Morgan fingerprint density at radius 1 is 0.966 bits per heavy atom. The van der Waals surface area contributed by atoms with Gasteiger partial charge in [0.25, 0.3) is 11.8 Å². The molecule has 1 aliphatic rings. The predicted molar refractivity (Wildman–Crippen MR) is 109 cm³/mol.